The molecular weight excluding hydrogens is 234 g/mol. The summed E-state index contributed by atoms with van der Waals surface area (Å²) in [7, 11) is -0.682. The van der Waals surface area contributed by atoms with Gasteiger partial charge in [-0.15, -0.1) is 0 Å². The second-order valence-electron chi connectivity index (χ2n) is 3.40. The molecule has 1 aromatic rings. The lowest BCUT2D eigenvalue weighted by Crippen LogP contribution is -2.38. The quantitative estimate of drug-likeness (QED) is 0.798. The third-order valence-electron chi connectivity index (χ3n) is 2.34. The van der Waals surface area contributed by atoms with E-state index < -0.39 is 10.8 Å². The fraction of sp³-hybridized carbons (Fsp3) is 0.444. The van der Waals surface area contributed by atoms with Gasteiger partial charge in [-0.3, -0.25) is 4.21 Å². The number of pyridine rings is 1. The lowest BCUT2D eigenvalue weighted by atomic mass is 10.3. The van der Waals surface area contributed by atoms with E-state index in [4.69, 9.17) is 17.3 Å². The van der Waals surface area contributed by atoms with Gasteiger partial charge in [-0.1, -0.05) is 11.6 Å². The van der Waals surface area contributed by atoms with Crippen molar-refractivity contribution in [3.05, 3.63) is 17.3 Å². The van der Waals surface area contributed by atoms with Crippen LogP contribution in [0.25, 0.3) is 0 Å². The Hall–Kier alpha value is -0.810. The summed E-state index contributed by atoms with van der Waals surface area (Å²) in [6, 6.07) is 1.69. The summed E-state index contributed by atoms with van der Waals surface area (Å²) in [4.78, 5) is 6.25. The van der Waals surface area contributed by atoms with Crippen LogP contribution in [0.1, 0.15) is 0 Å². The van der Waals surface area contributed by atoms with Crippen LogP contribution in [0.15, 0.2) is 12.3 Å². The van der Waals surface area contributed by atoms with Gasteiger partial charge in [0.2, 0.25) is 0 Å². The highest BCUT2D eigenvalue weighted by Gasteiger charge is 2.18. The number of nitrogens with two attached hydrogens (primary N) is 1. The lowest BCUT2D eigenvalue weighted by Gasteiger charge is -2.28. The first-order valence-corrected chi connectivity index (χ1v) is 6.54. The molecule has 0 saturated carbocycles. The zero-order valence-electron chi connectivity index (χ0n) is 8.15. The van der Waals surface area contributed by atoms with E-state index in [0.29, 0.717) is 22.2 Å². The summed E-state index contributed by atoms with van der Waals surface area (Å²) in [5.74, 6) is 2.11. The molecule has 0 atom stereocenters. The van der Waals surface area contributed by atoms with E-state index >= 15 is 0 Å². The Bertz CT molecular complexity index is 389. The number of aromatic nitrogens is 1. The molecule has 0 unspecified atom stereocenters. The molecule has 0 aromatic carbocycles. The fourth-order valence-electron chi connectivity index (χ4n) is 1.56. The third-order valence-corrected chi connectivity index (χ3v) is 3.82. The SMILES string of the molecule is Nc1cc(Cl)cnc1N1CCS(=O)CC1. The van der Waals surface area contributed by atoms with Gasteiger partial charge in [-0.25, -0.2) is 4.98 Å². The van der Waals surface area contributed by atoms with Crippen molar-refractivity contribution in [3.8, 4) is 0 Å². The van der Waals surface area contributed by atoms with Crippen molar-refractivity contribution in [2.24, 2.45) is 0 Å². The maximum atomic E-state index is 11.2. The summed E-state index contributed by atoms with van der Waals surface area (Å²) in [6.45, 7) is 1.48. The number of halogens is 1. The van der Waals surface area contributed by atoms with Crippen LogP contribution in [0.5, 0.6) is 0 Å². The Morgan fingerprint density at radius 1 is 1.47 bits per heavy atom. The molecule has 6 heteroatoms. The molecule has 4 nitrogen and oxygen atoms in total. The Labute approximate surface area is 95.9 Å². The molecule has 2 heterocycles. The zero-order valence-corrected chi connectivity index (χ0v) is 9.72. The number of hydrogen-bond donors (Lipinski definition) is 1. The van der Waals surface area contributed by atoms with E-state index in [2.05, 4.69) is 4.98 Å². The maximum Gasteiger partial charge on any atom is 0.151 e. The fourth-order valence-corrected chi connectivity index (χ4v) is 2.78. The highest BCUT2D eigenvalue weighted by atomic mass is 35.5. The molecule has 2 N–H and O–H groups in total. The van der Waals surface area contributed by atoms with Crippen LogP contribution >= 0.6 is 11.6 Å². The molecule has 2 rings (SSSR count). The number of hydrogen-bond acceptors (Lipinski definition) is 4. The van der Waals surface area contributed by atoms with E-state index in [1.54, 1.807) is 12.3 Å². The number of anilines is 2. The average Bonchev–Trinajstić information content (AvgIpc) is 2.20. The second-order valence-corrected chi connectivity index (χ2v) is 5.53. The summed E-state index contributed by atoms with van der Waals surface area (Å²) in [5, 5.41) is 0.539. The van der Waals surface area contributed by atoms with Gasteiger partial charge < -0.3 is 10.6 Å². The van der Waals surface area contributed by atoms with Crippen LogP contribution < -0.4 is 10.6 Å². The molecule has 82 valence electrons. The summed E-state index contributed by atoms with van der Waals surface area (Å²) in [6.07, 6.45) is 1.58. The van der Waals surface area contributed by atoms with Crippen LogP contribution in [0.4, 0.5) is 11.5 Å². The van der Waals surface area contributed by atoms with Crippen molar-refractivity contribution in [3.63, 3.8) is 0 Å². The summed E-state index contributed by atoms with van der Waals surface area (Å²) < 4.78 is 11.2. The minimum Gasteiger partial charge on any atom is -0.396 e. The topological polar surface area (TPSA) is 59.2 Å². The first-order valence-electron chi connectivity index (χ1n) is 4.68. The normalized spacial score (nSPS) is 18.1. The highest BCUT2D eigenvalue weighted by Crippen LogP contribution is 2.24. The first-order chi connectivity index (χ1) is 7.16. The molecule has 1 aliphatic heterocycles. The number of rotatable bonds is 1. The van der Waals surface area contributed by atoms with E-state index in [1.807, 2.05) is 4.90 Å². The Kier molecular flexibility index (Phi) is 3.11. The van der Waals surface area contributed by atoms with Crippen LogP contribution in [0.3, 0.4) is 0 Å². The van der Waals surface area contributed by atoms with Crippen LogP contribution in [-0.2, 0) is 10.8 Å². The van der Waals surface area contributed by atoms with E-state index in [9.17, 15) is 4.21 Å². The van der Waals surface area contributed by atoms with Gasteiger partial charge in [0.25, 0.3) is 0 Å². The van der Waals surface area contributed by atoms with E-state index in [-0.39, 0.29) is 0 Å². The van der Waals surface area contributed by atoms with Crippen molar-refractivity contribution >= 4 is 33.9 Å². The van der Waals surface area contributed by atoms with Crippen LogP contribution in [0, 0.1) is 0 Å². The average molecular weight is 246 g/mol. The van der Waals surface area contributed by atoms with Crippen molar-refractivity contribution in [2.45, 2.75) is 0 Å². The van der Waals surface area contributed by atoms with E-state index in [0.717, 1.165) is 18.9 Å². The predicted molar refractivity (Wildman–Crippen MR) is 63.7 cm³/mol. The number of nitrogen functional groups attached to an aromatic ring is 1. The predicted octanol–water partition coefficient (Wildman–Crippen LogP) is 0.886. The zero-order chi connectivity index (χ0) is 10.8. The monoisotopic (exact) mass is 245 g/mol. The van der Waals surface area contributed by atoms with Crippen molar-refractivity contribution in [1.82, 2.24) is 4.98 Å². The van der Waals surface area contributed by atoms with Crippen LogP contribution in [0.2, 0.25) is 5.02 Å². The first kappa shape index (κ1) is 10.7. The minimum absolute atomic E-state index is 0.539. The molecule has 1 saturated heterocycles. The van der Waals surface area contributed by atoms with Gasteiger partial charge >= 0.3 is 0 Å². The third kappa shape index (κ3) is 2.41. The van der Waals surface area contributed by atoms with Gasteiger partial charge in [-0.05, 0) is 6.07 Å². The molecule has 0 bridgehead atoms. The lowest BCUT2D eigenvalue weighted by molar-refractivity contribution is 0.672. The van der Waals surface area contributed by atoms with Gasteiger partial charge in [0, 0.05) is 41.6 Å². The van der Waals surface area contributed by atoms with Gasteiger partial charge in [0.1, 0.15) is 0 Å². The highest BCUT2D eigenvalue weighted by molar-refractivity contribution is 7.85. The smallest absolute Gasteiger partial charge is 0.151 e. The Morgan fingerprint density at radius 2 is 2.13 bits per heavy atom. The maximum absolute atomic E-state index is 11.2. The molecular formula is C9H12ClN3OS. The standard InChI is InChI=1S/C9H12ClN3OS/c10-7-5-8(11)9(12-6-7)13-1-3-15(14)4-2-13/h5-6H,1-4,11H2. The Morgan fingerprint density at radius 3 is 2.73 bits per heavy atom. The molecule has 1 aromatic heterocycles. The van der Waals surface area contributed by atoms with E-state index in [1.165, 1.54) is 0 Å². The Balaban J connectivity index is 2.19. The molecule has 1 fully saturated rings. The van der Waals surface area contributed by atoms with Crippen molar-refractivity contribution in [1.29, 1.82) is 0 Å². The molecule has 0 amide bonds. The van der Waals surface area contributed by atoms with Gasteiger partial charge in [0.05, 0.1) is 10.7 Å². The molecule has 0 radical (unpaired) electrons. The number of nitrogens with zero attached hydrogens (tertiary/aromatic N) is 2. The molecule has 1 aliphatic rings. The largest absolute Gasteiger partial charge is 0.396 e. The molecule has 15 heavy (non-hydrogen) atoms. The summed E-state index contributed by atoms with van der Waals surface area (Å²) in [5.41, 5.74) is 6.40. The minimum atomic E-state index is -0.682. The van der Waals surface area contributed by atoms with Crippen LogP contribution in [-0.4, -0.2) is 33.8 Å². The van der Waals surface area contributed by atoms with Crippen molar-refractivity contribution in [2.75, 3.05) is 35.2 Å². The van der Waals surface area contributed by atoms with Crippen molar-refractivity contribution < 1.29 is 4.21 Å². The van der Waals surface area contributed by atoms with Gasteiger partial charge in [-0.2, -0.15) is 0 Å². The summed E-state index contributed by atoms with van der Waals surface area (Å²) >= 11 is 5.77. The second kappa shape index (κ2) is 4.37. The molecule has 0 spiro atoms. The molecule has 0 aliphatic carbocycles. The van der Waals surface area contributed by atoms with Gasteiger partial charge in [0.15, 0.2) is 5.82 Å².